The number of nitrogens with one attached hydrogen (secondary N) is 1. The van der Waals surface area contributed by atoms with E-state index in [0.717, 1.165) is 22.6 Å². The summed E-state index contributed by atoms with van der Waals surface area (Å²) in [7, 11) is 0. The Morgan fingerprint density at radius 3 is 2.71 bits per heavy atom. The smallest absolute Gasteiger partial charge is 0.176 e. The molecule has 0 aliphatic heterocycles. The summed E-state index contributed by atoms with van der Waals surface area (Å²) in [6.45, 7) is 0. The van der Waals surface area contributed by atoms with Gasteiger partial charge in [-0.05, 0) is 31.0 Å². The zero-order valence-corrected chi connectivity index (χ0v) is 13.4. The van der Waals surface area contributed by atoms with Gasteiger partial charge < -0.3 is 9.55 Å². The van der Waals surface area contributed by atoms with Crippen LogP contribution in [0.15, 0.2) is 43.0 Å². The zero-order valence-electron chi connectivity index (χ0n) is 13.4. The Bertz CT molecular complexity index is 993. The van der Waals surface area contributed by atoms with Gasteiger partial charge in [0.1, 0.15) is 5.65 Å². The van der Waals surface area contributed by atoms with Crippen molar-refractivity contribution in [1.29, 1.82) is 0 Å². The Morgan fingerprint density at radius 2 is 1.88 bits per heavy atom. The number of H-pyrrole nitrogens is 1. The predicted octanol–water partition coefficient (Wildman–Crippen LogP) is 4.48. The van der Waals surface area contributed by atoms with Crippen LogP contribution in [0.5, 0.6) is 0 Å². The van der Waals surface area contributed by atoms with E-state index < -0.39 is 0 Å². The number of nitrogens with zero attached hydrogens (tertiary/aromatic N) is 4. The van der Waals surface area contributed by atoms with E-state index in [0.29, 0.717) is 6.04 Å². The summed E-state index contributed by atoms with van der Waals surface area (Å²) in [6, 6.07) is 6.69. The van der Waals surface area contributed by atoms with Crippen LogP contribution in [0.2, 0.25) is 0 Å². The van der Waals surface area contributed by atoms with E-state index in [2.05, 4.69) is 36.6 Å². The van der Waals surface area contributed by atoms with Crippen molar-refractivity contribution in [1.82, 2.24) is 24.5 Å². The quantitative estimate of drug-likeness (QED) is 0.593. The molecule has 5 nitrogen and oxygen atoms in total. The molecule has 1 fully saturated rings. The first-order valence-electron chi connectivity index (χ1n) is 8.66. The lowest BCUT2D eigenvalue weighted by molar-refractivity contribution is 0.363. The van der Waals surface area contributed by atoms with Crippen LogP contribution in [-0.2, 0) is 0 Å². The van der Waals surface area contributed by atoms with Crippen molar-refractivity contribution < 1.29 is 0 Å². The largest absolute Gasteiger partial charge is 0.346 e. The van der Waals surface area contributed by atoms with Crippen LogP contribution in [0.3, 0.4) is 0 Å². The number of hydrogen-bond acceptors (Lipinski definition) is 3. The summed E-state index contributed by atoms with van der Waals surface area (Å²) in [5.41, 5.74) is 3.31. The van der Waals surface area contributed by atoms with E-state index in [9.17, 15) is 0 Å². The Balaban J connectivity index is 1.84. The average Bonchev–Trinajstić information content (AvgIpc) is 3.27. The molecule has 24 heavy (non-hydrogen) atoms. The minimum atomic E-state index is 0.510. The molecule has 4 aromatic heterocycles. The second kappa shape index (κ2) is 5.44. The second-order valence-corrected chi connectivity index (χ2v) is 6.57. The normalized spacial score (nSPS) is 16.2. The zero-order chi connectivity index (χ0) is 15.9. The maximum atomic E-state index is 4.55. The van der Waals surface area contributed by atoms with Gasteiger partial charge in [-0.3, -0.25) is 0 Å². The third-order valence-electron chi connectivity index (χ3n) is 5.11. The van der Waals surface area contributed by atoms with Crippen molar-refractivity contribution in [3.63, 3.8) is 0 Å². The van der Waals surface area contributed by atoms with Crippen molar-refractivity contribution in [3.05, 3.63) is 43.0 Å². The van der Waals surface area contributed by atoms with Gasteiger partial charge in [0.2, 0.25) is 0 Å². The Hall–Kier alpha value is -2.69. The van der Waals surface area contributed by atoms with E-state index >= 15 is 0 Å². The van der Waals surface area contributed by atoms with Gasteiger partial charge in [-0.2, -0.15) is 0 Å². The van der Waals surface area contributed by atoms with Crippen LogP contribution in [0.25, 0.3) is 33.5 Å². The van der Waals surface area contributed by atoms with Gasteiger partial charge in [-0.25, -0.2) is 15.0 Å². The molecule has 1 aliphatic carbocycles. The molecule has 0 unspecified atom stereocenters. The third-order valence-corrected chi connectivity index (χ3v) is 5.11. The molecule has 5 heteroatoms. The third kappa shape index (κ3) is 2.04. The molecule has 0 radical (unpaired) electrons. The highest BCUT2D eigenvalue weighted by molar-refractivity contribution is 6.04. The van der Waals surface area contributed by atoms with Crippen molar-refractivity contribution in [2.24, 2.45) is 0 Å². The highest BCUT2D eigenvalue weighted by Gasteiger charge is 2.23. The van der Waals surface area contributed by atoms with Crippen molar-refractivity contribution in [2.75, 3.05) is 0 Å². The van der Waals surface area contributed by atoms with Gasteiger partial charge >= 0.3 is 0 Å². The summed E-state index contributed by atoms with van der Waals surface area (Å²) in [5, 5.41) is 2.34. The summed E-state index contributed by atoms with van der Waals surface area (Å²) in [5.74, 6) is 0.794. The van der Waals surface area contributed by atoms with Crippen LogP contribution < -0.4 is 0 Å². The molecule has 0 atom stereocenters. The molecular weight excluding hydrogens is 298 g/mol. The average molecular weight is 317 g/mol. The maximum absolute atomic E-state index is 4.55. The standard InChI is InChI=1S/C19H19N5/c1-2-5-14(6-3-1)24-16(19-20-8-4-9-21-19)11-13-12-23-18-15(17(13)24)7-10-22-18/h4,7-12,14H,1-3,5-6H2,(H,22,23). The van der Waals surface area contributed by atoms with E-state index in [-0.39, 0.29) is 0 Å². The molecule has 4 aromatic rings. The molecule has 0 amide bonds. The van der Waals surface area contributed by atoms with Gasteiger partial charge in [0, 0.05) is 41.6 Å². The Kier molecular flexibility index (Phi) is 3.11. The number of hydrogen-bond donors (Lipinski definition) is 1. The number of aromatic nitrogens is 5. The summed E-state index contributed by atoms with van der Waals surface area (Å²) < 4.78 is 2.47. The monoisotopic (exact) mass is 317 g/mol. The fourth-order valence-electron chi connectivity index (χ4n) is 4.04. The molecule has 0 bridgehead atoms. The van der Waals surface area contributed by atoms with E-state index in [1.807, 2.05) is 30.9 Å². The lowest BCUT2D eigenvalue weighted by atomic mass is 9.95. The maximum Gasteiger partial charge on any atom is 0.176 e. The molecule has 1 aliphatic rings. The van der Waals surface area contributed by atoms with Crippen LogP contribution >= 0.6 is 0 Å². The van der Waals surface area contributed by atoms with Crippen LogP contribution in [0.4, 0.5) is 0 Å². The van der Waals surface area contributed by atoms with E-state index in [1.165, 1.54) is 43.0 Å². The SMILES string of the molecule is c1cnc(-c2cc3cnc4[nH]ccc4c3n2C2CCCCC2)nc1. The highest BCUT2D eigenvalue weighted by Crippen LogP contribution is 2.38. The van der Waals surface area contributed by atoms with Gasteiger partial charge in [0.25, 0.3) is 0 Å². The van der Waals surface area contributed by atoms with Crippen LogP contribution in [0, 0.1) is 0 Å². The molecular formula is C19H19N5. The predicted molar refractivity (Wildman–Crippen MR) is 94.7 cm³/mol. The number of rotatable bonds is 2. The van der Waals surface area contributed by atoms with Crippen molar-refractivity contribution in [2.45, 2.75) is 38.1 Å². The first kappa shape index (κ1) is 13.7. The fraction of sp³-hybridized carbons (Fsp3) is 0.316. The molecule has 0 saturated heterocycles. The molecule has 1 saturated carbocycles. The first-order chi connectivity index (χ1) is 11.9. The van der Waals surface area contributed by atoms with Gasteiger partial charge in [0.05, 0.1) is 11.2 Å². The number of pyridine rings is 1. The molecule has 0 aromatic carbocycles. The molecule has 1 N–H and O–H groups in total. The topological polar surface area (TPSA) is 59.4 Å². The number of aromatic amines is 1. The van der Waals surface area contributed by atoms with E-state index in [1.54, 1.807) is 0 Å². The second-order valence-electron chi connectivity index (χ2n) is 6.57. The fourth-order valence-corrected chi connectivity index (χ4v) is 4.04. The molecule has 120 valence electrons. The van der Waals surface area contributed by atoms with Crippen LogP contribution in [0.1, 0.15) is 38.1 Å². The summed E-state index contributed by atoms with van der Waals surface area (Å²) in [6.07, 6.45) is 13.9. The molecule has 0 spiro atoms. The summed E-state index contributed by atoms with van der Waals surface area (Å²) >= 11 is 0. The van der Waals surface area contributed by atoms with Crippen LogP contribution in [-0.4, -0.2) is 24.5 Å². The van der Waals surface area contributed by atoms with Crippen molar-refractivity contribution in [3.8, 4) is 11.5 Å². The lowest BCUT2D eigenvalue weighted by Crippen LogP contribution is -2.14. The van der Waals surface area contributed by atoms with Gasteiger partial charge in [-0.15, -0.1) is 0 Å². The van der Waals surface area contributed by atoms with Crippen molar-refractivity contribution >= 4 is 21.9 Å². The summed E-state index contributed by atoms with van der Waals surface area (Å²) in [4.78, 5) is 16.8. The Morgan fingerprint density at radius 1 is 1.04 bits per heavy atom. The Labute approximate surface area is 139 Å². The number of fused-ring (bicyclic) bond motifs is 3. The highest BCUT2D eigenvalue weighted by atomic mass is 15.1. The minimum absolute atomic E-state index is 0.510. The minimum Gasteiger partial charge on any atom is -0.346 e. The lowest BCUT2D eigenvalue weighted by Gasteiger charge is -2.26. The van der Waals surface area contributed by atoms with Gasteiger partial charge in [-0.1, -0.05) is 19.3 Å². The van der Waals surface area contributed by atoms with Gasteiger partial charge in [0.15, 0.2) is 5.82 Å². The van der Waals surface area contributed by atoms with E-state index in [4.69, 9.17) is 0 Å². The first-order valence-corrected chi connectivity index (χ1v) is 8.66. The molecule has 4 heterocycles. The molecule has 5 rings (SSSR count).